The maximum atomic E-state index is 9.87. The summed E-state index contributed by atoms with van der Waals surface area (Å²) in [6, 6.07) is 64.7. The third-order valence-electron chi connectivity index (χ3n) is 13.7. The zero-order valence-corrected chi connectivity index (χ0v) is 56.5. The number of rotatable bonds is 9. The van der Waals surface area contributed by atoms with Gasteiger partial charge in [-0.2, -0.15) is 0 Å². The number of anilines is 3. The molecule has 0 unspecified atom stereocenters. The standard InChI is InChI=1S/C72H69N4.3F6P/c1-70(2,3)64-28-16-61(17-29-64)52-73-46-40-58(41-47-73)13-10-55-22-34-67(35-23-55)76(68-36-24-56(25-37-68)11-14-59-42-48-74(49-43-59)53-62-18-30-65(31-19-62)71(4,5)6)69-38-26-57(27-39-69)12-15-60-44-50-75(51-45-60)54-63-20-32-66(33-21-63)72(7,8)9;3*1-7(2,3,4,5)6/h16-51H,52-54H2,1-9H3;;;/q+3;3*-1. The van der Waals surface area contributed by atoms with Crippen LogP contribution in [-0.4, -0.2) is 0 Å². The van der Waals surface area contributed by atoms with Gasteiger partial charge in [-0.15, -0.1) is 0 Å². The van der Waals surface area contributed by atoms with Gasteiger partial charge in [-0.05, 0) is 106 Å². The van der Waals surface area contributed by atoms with Gasteiger partial charge in [0.05, 0.1) is 0 Å². The van der Waals surface area contributed by atoms with Crippen LogP contribution in [0.15, 0.2) is 219 Å². The van der Waals surface area contributed by atoms with E-state index >= 15 is 0 Å². The summed E-state index contributed by atoms with van der Waals surface area (Å²) >= 11 is 0. The van der Waals surface area contributed by atoms with Crippen LogP contribution in [0, 0.1) is 35.5 Å². The Labute approximate surface area is 552 Å². The molecule has 3 aromatic heterocycles. The molecule has 0 N–H and O–H groups in total. The van der Waals surface area contributed by atoms with Crippen molar-refractivity contribution in [3.63, 3.8) is 0 Å². The van der Waals surface area contributed by atoms with Gasteiger partial charge in [0.25, 0.3) is 0 Å². The van der Waals surface area contributed by atoms with Crippen molar-refractivity contribution in [2.75, 3.05) is 4.90 Å². The molecular weight excluding hydrogens is 1360 g/mol. The zero-order chi connectivity index (χ0) is 72.5. The Kier molecular flexibility index (Phi) is 21.2. The van der Waals surface area contributed by atoms with Gasteiger partial charge in [-0.1, -0.05) is 171 Å². The minimum atomic E-state index is -10.7. The molecule has 25 heteroatoms. The number of benzene rings is 6. The molecule has 9 aromatic rings. The Morgan fingerprint density at radius 3 is 0.557 bits per heavy atom. The molecule has 0 spiro atoms. The monoisotopic (exact) mass is 1420 g/mol. The van der Waals surface area contributed by atoms with Gasteiger partial charge >= 0.3 is 99.0 Å². The van der Waals surface area contributed by atoms with Crippen LogP contribution in [0.4, 0.5) is 92.6 Å². The molecule has 0 aliphatic rings. The maximum absolute atomic E-state index is 10.7. The molecule has 9 rings (SSSR count). The molecule has 0 saturated carbocycles. The topological polar surface area (TPSA) is 14.9 Å². The summed E-state index contributed by atoms with van der Waals surface area (Å²) in [6.07, 6.45) is 12.6. The first-order valence-electron chi connectivity index (χ1n) is 29.4. The average Bonchev–Trinajstić information content (AvgIpc) is 0.843. The number of hydrogen-bond donors (Lipinski definition) is 0. The van der Waals surface area contributed by atoms with Gasteiger partial charge in [0, 0.05) is 104 Å². The van der Waals surface area contributed by atoms with Gasteiger partial charge in [-0.3, -0.25) is 0 Å². The fraction of sp³-hybridized carbons (Fsp3) is 0.208. The van der Waals surface area contributed by atoms with Crippen LogP contribution in [-0.2, 0) is 35.9 Å². The Hall–Kier alpha value is -8.72. The summed E-state index contributed by atoms with van der Waals surface area (Å²) in [5, 5.41) is 0. The van der Waals surface area contributed by atoms with Gasteiger partial charge in [0.1, 0.15) is 0 Å². The first-order valence-corrected chi connectivity index (χ1v) is 35.5. The number of hydrogen-bond acceptors (Lipinski definition) is 1. The predicted molar refractivity (Wildman–Crippen MR) is 352 cm³/mol. The summed E-state index contributed by atoms with van der Waals surface area (Å²) in [5.74, 6) is 20.3. The molecule has 0 amide bonds. The van der Waals surface area contributed by atoms with Crippen molar-refractivity contribution in [2.45, 2.75) is 98.2 Å². The number of nitrogens with zero attached hydrogens (tertiary/aromatic N) is 4. The summed E-state index contributed by atoms with van der Waals surface area (Å²) in [4.78, 5) is 2.26. The van der Waals surface area contributed by atoms with Crippen LogP contribution in [0.1, 0.15) is 129 Å². The predicted octanol–water partition coefficient (Wildman–Crippen LogP) is 24.4. The van der Waals surface area contributed by atoms with E-state index in [1.165, 1.54) is 33.4 Å². The average molecular weight is 1430 g/mol. The van der Waals surface area contributed by atoms with Crippen molar-refractivity contribution >= 4 is 40.5 Å². The molecule has 0 aliphatic carbocycles. The molecule has 518 valence electrons. The van der Waals surface area contributed by atoms with Crippen LogP contribution in [0.5, 0.6) is 0 Å². The third-order valence-corrected chi connectivity index (χ3v) is 13.7. The first-order chi connectivity index (χ1) is 43.8. The van der Waals surface area contributed by atoms with Crippen molar-refractivity contribution in [2.24, 2.45) is 0 Å². The molecule has 97 heavy (non-hydrogen) atoms. The second-order valence-electron chi connectivity index (χ2n) is 25.7. The zero-order valence-electron chi connectivity index (χ0n) is 53.8. The van der Waals surface area contributed by atoms with E-state index in [0.717, 1.165) is 70.1 Å². The summed E-state index contributed by atoms with van der Waals surface area (Å²) in [7, 11) is -32.0. The van der Waals surface area contributed by atoms with Crippen LogP contribution >= 0.6 is 23.4 Å². The molecule has 4 nitrogen and oxygen atoms in total. The Bertz CT molecular complexity index is 3880. The van der Waals surface area contributed by atoms with Gasteiger partial charge in [0.2, 0.25) is 0 Å². The number of pyridine rings is 3. The van der Waals surface area contributed by atoms with Gasteiger partial charge < -0.3 is 4.90 Å². The Balaban J connectivity index is 0.000000612. The van der Waals surface area contributed by atoms with E-state index in [0.29, 0.717) is 0 Å². The molecule has 0 bridgehead atoms. The summed E-state index contributed by atoms with van der Waals surface area (Å²) in [5.41, 5.74) is 17.1. The molecule has 6 aromatic carbocycles. The fourth-order valence-corrected chi connectivity index (χ4v) is 8.86. The molecule has 0 saturated heterocycles. The van der Waals surface area contributed by atoms with Gasteiger partial charge in [0.15, 0.2) is 56.8 Å². The van der Waals surface area contributed by atoms with Crippen molar-refractivity contribution in [3.8, 4) is 35.5 Å². The van der Waals surface area contributed by atoms with Crippen molar-refractivity contribution < 1.29 is 89.2 Å². The van der Waals surface area contributed by atoms with Crippen molar-refractivity contribution in [3.05, 3.63) is 286 Å². The van der Waals surface area contributed by atoms with Gasteiger partial charge in [-0.25, -0.2) is 13.7 Å². The van der Waals surface area contributed by atoms with Crippen LogP contribution in [0.25, 0.3) is 0 Å². The minimum absolute atomic E-state index is 0.142. The van der Waals surface area contributed by atoms with E-state index in [4.69, 9.17) is 0 Å². The second kappa shape index (κ2) is 26.6. The van der Waals surface area contributed by atoms with E-state index in [-0.39, 0.29) is 16.2 Å². The second-order valence-corrected chi connectivity index (χ2v) is 31.5. The number of aromatic nitrogens is 3. The van der Waals surface area contributed by atoms with E-state index in [2.05, 4.69) is 336 Å². The van der Waals surface area contributed by atoms with E-state index in [1.54, 1.807) is 0 Å². The Morgan fingerprint density at radius 2 is 0.402 bits per heavy atom. The van der Waals surface area contributed by atoms with Crippen LogP contribution in [0.3, 0.4) is 0 Å². The Morgan fingerprint density at radius 1 is 0.247 bits per heavy atom. The molecular formula is C72H69F18N4P3. The molecule has 0 radical (unpaired) electrons. The normalized spacial score (nSPS) is 13.9. The van der Waals surface area contributed by atoms with E-state index in [9.17, 15) is 75.5 Å². The molecule has 0 fully saturated rings. The van der Waals surface area contributed by atoms with E-state index in [1.807, 2.05) is 0 Å². The first kappa shape index (κ1) is 77.3. The van der Waals surface area contributed by atoms with Crippen LogP contribution < -0.4 is 18.6 Å². The van der Waals surface area contributed by atoms with Crippen molar-refractivity contribution in [1.82, 2.24) is 0 Å². The third kappa shape index (κ3) is 33.2. The molecule has 0 aliphatic heterocycles. The summed E-state index contributed by atoms with van der Waals surface area (Å²) in [6.45, 7) is 22.7. The summed E-state index contributed by atoms with van der Waals surface area (Å²) < 4.78 is 184. The quantitative estimate of drug-likeness (QED) is 0.0608. The van der Waals surface area contributed by atoms with E-state index < -0.39 is 23.4 Å². The fourth-order valence-electron chi connectivity index (χ4n) is 8.86. The molecule has 3 heterocycles. The molecule has 0 atom stereocenters. The SMILES string of the molecule is CC(C)(C)c1ccc(C[n+]2ccc(C#Cc3ccc(N(c4ccc(C#Cc5cc[n+](Cc6ccc(C(C)(C)C)cc6)cc5)cc4)c4ccc(C#Cc5cc[n+](Cc6ccc(C(C)(C)C)cc6)cc5)cc4)cc3)cc2)cc1.F[P-](F)(F)(F)(F)F.F[P-](F)(F)(F)(F)F.F[P-](F)(F)(F)(F)F. The number of halogens is 18. The van der Waals surface area contributed by atoms with Crippen LogP contribution in [0.2, 0.25) is 0 Å². The van der Waals surface area contributed by atoms with Crippen molar-refractivity contribution in [1.29, 1.82) is 0 Å².